The maximum atomic E-state index is 8.62. The maximum Gasteiger partial charge on any atom is 0.297 e. The molecule has 10 aromatic carbocycles. The molecule has 0 unspecified atom stereocenters. The third-order valence-electron chi connectivity index (χ3n) is 20.9. The maximum absolute atomic E-state index is 8.62. The molecule has 2 aromatic heterocycles. The van der Waals surface area contributed by atoms with Gasteiger partial charge in [0.05, 0.1) is 17.0 Å². The van der Waals surface area contributed by atoms with Crippen LogP contribution >= 0.6 is 23.2 Å². The van der Waals surface area contributed by atoms with Crippen molar-refractivity contribution in [1.29, 1.82) is 0 Å². The smallest absolute Gasteiger partial charge is 0.297 e. The number of halogens is 2. The lowest BCUT2D eigenvalue weighted by atomic mass is 9.35. The summed E-state index contributed by atoms with van der Waals surface area (Å²) in [5.74, 6) is 0.657. The molecule has 0 saturated carbocycles. The zero-order valence-electron chi connectivity index (χ0n) is 77.6. The molecule has 4 heterocycles. The second-order valence-corrected chi connectivity index (χ2v) is 36.1. The van der Waals surface area contributed by atoms with Crippen molar-refractivity contribution in [2.45, 2.75) is 198 Å². The molecule has 2 aliphatic heterocycles. The Morgan fingerprint density at radius 1 is 0.336 bits per heavy atom. The Labute approximate surface area is 666 Å². The van der Waals surface area contributed by atoms with Crippen molar-refractivity contribution < 1.29 is 25.3 Å². The van der Waals surface area contributed by atoms with E-state index in [0.717, 1.165) is 84.6 Å². The van der Waals surface area contributed by atoms with E-state index in [-0.39, 0.29) is 54.7 Å². The summed E-state index contributed by atoms with van der Waals surface area (Å²) in [6.07, 6.45) is 1.60. The molecule has 12 aromatic rings. The molecule has 2 aliphatic rings. The van der Waals surface area contributed by atoms with Crippen molar-refractivity contribution in [1.82, 2.24) is 0 Å². The van der Waals surface area contributed by atoms with Gasteiger partial charge in [-0.25, -0.2) is 0 Å². The Bertz CT molecular complexity index is 5740. The number of benzene rings is 10. The second-order valence-electron chi connectivity index (χ2n) is 35.3. The van der Waals surface area contributed by atoms with E-state index in [1.807, 2.05) is 35.2 Å². The Kier molecular flexibility index (Phi) is 16.1. The van der Waals surface area contributed by atoms with E-state index in [4.69, 9.17) is 48.5 Å². The molecular weight excluding hydrogens is 1350 g/mol. The van der Waals surface area contributed by atoms with Crippen LogP contribution in [-0.2, 0) is 32.5 Å². The molecule has 0 amide bonds. The van der Waals surface area contributed by atoms with Gasteiger partial charge in [-0.05, 0) is 237 Å². The summed E-state index contributed by atoms with van der Waals surface area (Å²) in [4.78, 5) is 8.72. The fourth-order valence-corrected chi connectivity index (χ4v) is 15.4. The largest absolute Gasteiger partial charge is 0.468 e. The minimum absolute atomic E-state index is 0.0201. The first-order valence-corrected chi connectivity index (χ1v) is 37.8. The predicted molar refractivity (Wildman–Crippen MR) is 462 cm³/mol. The Balaban J connectivity index is 0.000000206. The van der Waals surface area contributed by atoms with Crippen molar-refractivity contribution in [3.8, 4) is 22.6 Å². The summed E-state index contributed by atoms with van der Waals surface area (Å²) in [5, 5.41) is 1.08. The van der Waals surface area contributed by atoms with E-state index in [0.29, 0.717) is 55.2 Å². The topological polar surface area (TPSA) is 39.2 Å². The van der Waals surface area contributed by atoms with Crippen molar-refractivity contribution in [3.63, 3.8) is 0 Å². The van der Waals surface area contributed by atoms with Gasteiger partial charge in [-0.2, -0.15) is 0 Å². The monoisotopic (exact) mass is 1460 g/mol. The number of nitrogens with zero attached hydrogens (tertiary/aromatic N) is 4. The van der Waals surface area contributed by atoms with Gasteiger partial charge < -0.3 is 28.4 Å². The van der Waals surface area contributed by atoms with Crippen molar-refractivity contribution in [2.75, 3.05) is 19.6 Å². The normalized spacial score (nSPS) is 15.2. The lowest BCUT2D eigenvalue weighted by Crippen LogP contribution is -2.61. The highest BCUT2D eigenvalue weighted by Crippen LogP contribution is 2.50. The van der Waals surface area contributed by atoms with E-state index in [1.165, 1.54) is 40.5 Å². The van der Waals surface area contributed by atoms with Gasteiger partial charge in [-0.3, -0.25) is 0 Å². The molecule has 14 rings (SSSR count). The molecule has 6 nitrogen and oxygen atoms in total. The molecule has 0 N–H and O–H groups in total. The summed E-state index contributed by atoms with van der Waals surface area (Å²) >= 11 is 14.3. The first kappa shape index (κ1) is 61.6. The van der Waals surface area contributed by atoms with Gasteiger partial charge in [0, 0.05) is 107 Å². The van der Waals surface area contributed by atoms with Gasteiger partial charge in [0.25, 0.3) is 6.71 Å². The number of furan rings is 2. The summed E-state index contributed by atoms with van der Waals surface area (Å²) < 4.78 is 113. The first-order chi connectivity index (χ1) is 54.9. The molecule has 107 heavy (non-hydrogen) atoms. The van der Waals surface area contributed by atoms with E-state index in [2.05, 4.69) is 285 Å². The molecular formula is C98H107BCl2N4O2. The predicted octanol–water partition coefficient (Wildman–Crippen LogP) is 27.9. The minimum atomic E-state index is -2.62. The molecule has 548 valence electrons. The zero-order chi connectivity index (χ0) is 87.1. The van der Waals surface area contributed by atoms with Gasteiger partial charge in [0.1, 0.15) is 17.8 Å². The SMILES string of the molecule is [2H]C([2H])([2H])c1cc(C)c(-c2cc(N(c3ccc(C(C)(C)C)cc3)c3cc(Cl)cc(N(c4ccc(C(C)(C)C)cc4)c4ccc(C(C)(C)C)cc4)c3)co2)c(C([2H])([2H])[2H])c1.[2H]C([2H])([2H])c1cc(C)c(-c2cc3c(o2)B2c4cc(C(C)(C)C)ccc4N(c4ccc(C(C)(C)C)cc4)c4cc(Cl)cc(c42)N3c2ccc(C(C)(C)C)cc2)c(C([2H])([2H])[2H])c1. The quantitative estimate of drug-likeness (QED) is 0.127. The van der Waals surface area contributed by atoms with Crippen molar-refractivity contribution in [3.05, 3.63) is 289 Å². The third-order valence-corrected chi connectivity index (χ3v) is 21.3. The van der Waals surface area contributed by atoms with E-state index < -0.39 is 34.1 Å². The van der Waals surface area contributed by atoms with Crippen LogP contribution in [0.1, 0.15) is 208 Å². The van der Waals surface area contributed by atoms with Crippen LogP contribution in [0.4, 0.5) is 68.2 Å². The molecule has 0 radical (unpaired) electrons. The van der Waals surface area contributed by atoms with Crippen LogP contribution in [0.15, 0.2) is 221 Å². The molecule has 0 saturated heterocycles. The number of hydrogen-bond acceptors (Lipinski definition) is 6. The summed E-state index contributed by atoms with van der Waals surface area (Å²) in [5.41, 5.74) is 21.4. The zero-order valence-corrected chi connectivity index (χ0v) is 67.2. The van der Waals surface area contributed by atoms with Crippen LogP contribution in [-0.4, -0.2) is 6.71 Å². The van der Waals surface area contributed by atoms with Gasteiger partial charge >= 0.3 is 0 Å². The number of fused-ring (bicyclic) bond motifs is 4. The van der Waals surface area contributed by atoms with Crippen molar-refractivity contribution >= 4 is 115 Å². The van der Waals surface area contributed by atoms with Crippen LogP contribution < -0.4 is 36.2 Å². The lowest BCUT2D eigenvalue weighted by Gasteiger charge is -2.43. The van der Waals surface area contributed by atoms with Crippen molar-refractivity contribution in [2.24, 2.45) is 0 Å². The number of anilines is 12. The number of aryl methyl sites for hydroxylation is 6. The first-order valence-electron chi connectivity index (χ1n) is 43.0. The van der Waals surface area contributed by atoms with Crippen LogP contribution in [0.2, 0.25) is 10.0 Å². The van der Waals surface area contributed by atoms with Crippen LogP contribution in [0.3, 0.4) is 0 Å². The highest BCUT2D eigenvalue weighted by Gasteiger charge is 2.47. The number of hydrogen-bond donors (Lipinski definition) is 0. The highest BCUT2D eigenvalue weighted by molar-refractivity contribution is 6.99. The van der Waals surface area contributed by atoms with Crippen LogP contribution in [0.5, 0.6) is 0 Å². The van der Waals surface area contributed by atoms with Crippen LogP contribution in [0, 0.1) is 41.3 Å². The minimum Gasteiger partial charge on any atom is -0.468 e. The summed E-state index contributed by atoms with van der Waals surface area (Å²) in [6, 6.07) is 69.0. The third kappa shape index (κ3) is 15.2. The van der Waals surface area contributed by atoms with Gasteiger partial charge in [-0.1, -0.05) is 256 Å². The molecule has 0 spiro atoms. The molecule has 0 bridgehead atoms. The highest BCUT2D eigenvalue weighted by atomic mass is 35.5. The summed E-state index contributed by atoms with van der Waals surface area (Å²) in [6.45, 7) is 32.5. The van der Waals surface area contributed by atoms with Gasteiger partial charge in [0.2, 0.25) is 0 Å². The second kappa shape index (κ2) is 28.0. The van der Waals surface area contributed by atoms with E-state index in [9.17, 15) is 0 Å². The molecule has 0 fully saturated rings. The van der Waals surface area contributed by atoms with E-state index in [1.54, 1.807) is 32.2 Å². The number of rotatable bonds is 10. The standard InChI is InChI=1S/C49H52BClN2O.C49H55ClN2O/c1-29-23-30(2)44(31(3)24-29)43-28-42-46(54-43)50-38-25-34(49(10,11)12)17-22-39(38)52(36-18-13-32(14-19-36)47(4,5)6)40-26-35(51)27-41(45(40)50)53(42)37-20-15-33(16-21-37)48(7,8)9;1-32-25-33(2)46(34(3)26-32)45-30-44(31-53-45)52(41-23-17-37(18-24-41)49(10,11)12)43-28-38(50)27-42(29-43)51(39-19-13-35(14-20-39)47(4,5)6)40-21-15-36(16-22-40)48(7,8)9/h13-28H,1-12H3;13-31H,1-12H3/i2*1D3,2D3. The molecule has 0 atom stereocenters. The molecule has 0 aliphatic carbocycles. The average Bonchev–Trinajstić information content (AvgIpc) is 1.67. The Hall–Kier alpha value is -9.40. The van der Waals surface area contributed by atoms with Gasteiger partial charge in [-0.15, -0.1) is 0 Å². The fourth-order valence-electron chi connectivity index (χ4n) is 14.9. The van der Waals surface area contributed by atoms with E-state index >= 15 is 0 Å². The molecule has 9 heteroatoms. The Morgan fingerprint density at radius 2 is 0.701 bits per heavy atom. The lowest BCUT2D eigenvalue weighted by molar-refractivity contribution is 0.581. The average molecular weight is 1470 g/mol. The van der Waals surface area contributed by atoms with Gasteiger partial charge in [0.15, 0.2) is 0 Å². The van der Waals surface area contributed by atoms with Crippen LogP contribution in [0.25, 0.3) is 22.6 Å². The Morgan fingerprint density at radius 3 is 1.10 bits per heavy atom. The fraction of sp³-hybridized carbons (Fsp3) is 0.306. The summed E-state index contributed by atoms with van der Waals surface area (Å²) in [7, 11) is 0.